The van der Waals surface area contributed by atoms with E-state index in [9.17, 15) is 4.39 Å². The molecule has 0 radical (unpaired) electrons. The lowest BCUT2D eigenvalue weighted by Crippen LogP contribution is -2.13. The van der Waals surface area contributed by atoms with Crippen molar-refractivity contribution in [2.75, 3.05) is 0 Å². The third-order valence-electron chi connectivity index (χ3n) is 2.66. The molecule has 0 fully saturated rings. The summed E-state index contributed by atoms with van der Waals surface area (Å²) >= 11 is 9.36. The lowest BCUT2D eigenvalue weighted by Gasteiger charge is -2.13. The minimum absolute atomic E-state index is 0.207. The molecule has 0 saturated carbocycles. The van der Waals surface area contributed by atoms with Crippen molar-refractivity contribution in [1.29, 1.82) is 0 Å². The number of nitrogens with two attached hydrogens (primary N) is 1. The Bertz CT molecular complexity index is 539. The van der Waals surface area contributed by atoms with E-state index in [4.69, 9.17) is 17.3 Å². The van der Waals surface area contributed by atoms with E-state index in [2.05, 4.69) is 15.9 Å². The van der Waals surface area contributed by atoms with Crippen LogP contribution in [0.2, 0.25) is 5.02 Å². The summed E-state index contributed by atoms with van der Waals surface area (Å²) in [6.07, 6.45) is 0.574. The molecule has 94 valence electrons. The van der Waals surface area contributed by atoms with Gasteiger partial charge in [0.15, 0.2) is 0 Å². The average molecular weight is 329 g/mol. The zero-order chi connectivity index (χ0) is 13.1. The molecule has 1 unspecified atom stereocenters. The monoisotopic (exact) mass is 327 g/mol. The molecule has 0 aliphatic carbocycles. The van der Waals surface area contributed by atoms with Crippen LogP contribution in [0.4, 0.5) is 4.39 Å². The average Bonchev–Trinajstić information content (AvgIpc) is 2.27. The predicted molar refractivity (Wildman–Crippen MR) is 76.2 cm³/mol. The summed E-state index contributed by atoms with van der Waals surface area (Å²) in [5.74, 6) is -0.244. The second-order valence-electron chi connectivity index (χ2n) is 4.14. The van der Waals surface area contributed by atoms with Gasteiger partial charge in [-0.3, -0.25) is 0 Å². The number of hydrogen-bond acceptors (Lipinski definition) is 1. The molecular weight excluding hydrogens is 317 g/mol. The molecule has 2 N–H and O–H groups in total. The minimum Gasteiger partial charge on any atom is -0.324 e. The van der Waals surface area contributed by atoms with Crippen molar-refractivity contribution in [3.05, 3.63) is 68.9 Å². The smallest absolute Gasteiger partial charge is 0.123 e. The normalized spacial score (nSPS) is 12.4. The van der Waals surface area contributed by atoms with Crippen LogP contribution in [0.25, 0.3) is 0 Å². The van der Waals surface area contributed by atoms with Crippen molar-refractivity contribution in [1.82, 2.24) is 0 Å². The van der Waals surface area contributed by atoms with Gasteiger partial charge in [-0.2, -0.15) is 0 Å². The van der Waals surface area contributed by atoms with Gasteiger partial charge in [0.2, 0.25) is 0 Å². The summed E-state index contributed by atoms with van der Waals surface area (Å²) in [6.45, 7) is 0. The summed E-state index contributed by atoms with van der Waals surface area (Å²) < 4.78 is 14.0. The SMILES string of the molecule is NC(Cc1cccc(F)c1)c1cc(Cl)cc(Br)c1. The summed E-state index contributed by atoms with van der Waals surface area (Å²) in [7, 11) is 0. The molecule has 18 heavy (non-hydrogen) atoms. The van der Waals surface area contributed by atoms with E-state index in [1.54, 1.807) is 12.1 Å². The summed E-state index contributed by atoms with van der Waals surface area (Å²) in [4.78, 5) is 0. The second kappa shape index (κ2) is 5.83. The molecule has 0 aliphatic rings. The Labute approximate surface area is 119 Å². The van der Waals surface area contributed by atoms with E-state index < -0.39 is 0 Å². The maximum absolute atomic E-state index is 13.1. The topological polar surface area (TPSA) is 26.0 Å². The highest BCUT2D eigenvalue weighted by Crippen LogP contribution is 2.24. The molecule has 1 atom stereocenters. The van der Waals surface area contributed by atoms with Crippen LogP contribution in [0.3, 0.4) is 0 Å². The van der Waals surface area contributed by atoms with Crippen molar-refractivity contribution in [3.63, 3.8) is 0 Å². The summed E-state index contributed by atoms with van der Waals surface area (Å²) in [5.41, 5.74) is 7.92. The molecule has 0 bridgehead atoms. The summed E-state index contributed by atoms with van der Waals surface area (Å²) in [5, 5.41) is 0.633. The van der Waals surface area contributed by atoms with Gasteiger partial charge >= 0.3 is 0 Å². The van der Waals surface area contributed by atoms with Crippen molar-refractivity contribution < 1.29 is 4.39 Å². The van der Waals surface area contributed by atoms with E-state index >= 15 is 0 Å². The molecule has 0 spiro atoms. The third-order valence-corrected chi connectivity index (χ3v) is 3.33. The molecule has 0 aromatic heterocycles. The molecule has 0 amide bonds. The maximum Gasteiger partial charge on any atom is 0.123 e. The highest BCUT2D eigenvalue weighted by atomic mass is 79.9. The van der Waals surface area contributed by atoms with E-state index in [1.807, 2.05) is 18.2 Å². The first kappa shape index (κ1) is 13.5. The molecular formula is C14H12BrClFN. The van der Waals surface area contributed by atoms with Gasteiger partial charge in [0.1, 0.15) is 5.82 Å². The Balaban J connectivity index is 2.19. The fourth-order valence-electron chi connectivity index (χ4n) is 1.82. The van der Waals surface area contributed by atoms with Crippen LogP contribution in [0.15, 0.2) is 46.9 Å². The first-order chi connectivity index (χ1) is 8.54. The largest absolute Gasteiger partial charge is 0.324 e. The standard InChI is InChI=1S/C14H12BrClFN/c15-11-6-10(7-12(16)8-11)14(18)5-9-2-1-3-13(17)4-9/h1-4,6-8,14H,5,18H2. The van der Waals surface area contributed by atoms with Crippen molar-refractivity contribution in [2.24, 2.45) is 5.73 Å². The highest BCUT2D eigenvalue weighted by Gasteiger charge is 2.09. The Morgan fingerprint density at radius 1 is 1.22 bits per heavy atom. The highest BCUT2D eigenvalue weighted by molar-refractivity contribution is 9.10. The van der Waals surface area contributed by atoms with E-state index in [0.717, 1.165) is 15.6 Å². The van der Waals surface area contributed by atoms with Crippen LogP contribution < -0.4 is 5.73 Å². The molecule has 0 aliphatic heterocycles. The molecule has 1 nitrogen and oxygen atoms in total. The Hall–Kier alpha value is -0.900. The minimum atomic E-state index is -0.244. The van der Waals surface area contributed by atoms with Crippen LogP contribution in [0.5, 0.6) is 0 Å². The Morgan fingerprint density at radius 3 is 2.67 bits per heavy atom. The zero-order valence-corrected chi connectivity index (χ0v) is 11.9. The fourth-order valence-corrected chi connectivity index (χ4v) is 2.71. The van der Waals surface area contributed by atoms with Crippen molar-refractivity contribution in [3.8, 4) is 0 Å². The predicted octanol–water partition coefficient (Wildman–Crippen LogP) is 4.48. The van der Waals surface area contributed by atoms with E-state index in [0.29, 0.717) is 11.4 Å². The van der Waals surface area contributed by atoms with Crippen LogP contribution in [-0.2, 0) is 6.42 Å². The third kappa shape index (κ3) is 3.55. The number of hydrogen-bond donors (Lipinski definition) is 1. The lowest BCUT2D eigenvalue weighted by atomic mass is 10.00. The molecule has 0 heterocycles. The molecule has 2 rings (SSSR count). The first-order valence-electron chi connectivity index (χ1n) is 5.50. The molecule has 4 heteroatoms. The Morgan fingerprint density at radius 2 is 2.00 bits per heavy atom. The van der Waals surface area contributed by atoms with Crippen LogP contribution in [-0.4, -0.2) is 0 Å². The zero-order valence-electron chi connectivity index (χ0n) is 9.54. The van der Waals surface area contributed by atoms with Crippen LogP contribution in [0, 0.1) is 5.82 Å². The van der Waals surface area contributed by atoms with Gasteiger partial charge in [0.25, 0.3) is 0 Å². The maximum atomic E-state index is 13.1. The molecule has 2 aromatic rings. The van der Waals surface area contributed by atoms with E-state index in [-0.39, 0.29) is 11.9 Å². The lowest BCUT2D eigenvalue weighted by molar-refractivity contribution is 0.622. The van der Waals surface area contributed by atoms with Crippen LogP contribution >= 0.6 is 27.5 Å². The van der Waals surface area contributed by atoms with E-state index in [1.165, 1.54) is 12.1 Å². The molecule has 0 saturated heterocycles. The van der Waals surface area contributed by atoms with Gasteiger partial charge in [-0.1, -0.05) is 39.7 Å². The van der Waals surface area contributed by atoms with Crippen LogP contribution in [0.1, 0.15) is 17.2 Å². The molecule has 2 aromatic carbocycles. The fraction of sp³-hybridized carbons (Fsp3) is 0.143. The number of benzene rings is 2. The van der Waals surface area contributed by atoms with Gasteiger partial charge in [-0.05, 0) is 47.9 Å². The van der Waals surface area contributed by atoms with Crippen molar-refractivity contribution >= 4 is 27.5 Å². The van der Waals surface area contributed by atoms with Gasteiger partial charge in [0, 0.05) is 15.5 Å². The number of rotatable bonds is 3. The van der Waals surface area contributed by atoms with Crippen molar-refractivity contribution in [2.45, 2.75) is 12.5 Å². The Kier molecular flexibility index (Phi) is 4.38. The van der Waals surface area contributed by atoms with Gasteiger partial charge in [0.05, 0.1) is 0 Å². The second-order valence-corrected chi connectivity index (χ2v) is 5.50. The van der Waals surface area contributed by atoms with Gasteiger partial charge < -0.3 is 5.73 Å². The summed E-state index contributed by atoms with van der Waals surface area (Å²) in [6, 6.07) is 11.8. The first-order valence-corrected chi connectivity index (χ1v) is 6.68. The van der Waals surface area contributed by atoms with Gasteiger partial charge in [-0.25, -0.2) is 4.39 Å². The quantitative estimate of drug-likeness (QED) is 0.883. The number of halogens is 3. The van der Waals surface area contributed by atoms with Gasteiger partial charge in [-0.15, -0.1) is 0 Å².